The Kier molecular flexibility index (Phi) is 3.06. The van der Waals surface area contributed by atoms with Crippen LogP contribution in [0.15, 0.2) is 41.1 Å². The highest BCUT2D eigenvalue weighted by atomic mass is 79.9. The maximum Gasteiger partial charge on any atom is 0.111 e. The zero-order chi connectivity index (χ0) is 12.5. The van der Waals surface area contributed by atoms with Crippen molar-refractivity contribution in [3.63, 3.8) is 0 Å². The van der Waals surface area contributed by atoms with Gasteiger partial charge in [0.25, 0.3) is 0 Å². The highest BCUT2D eigenvalue weighted by Crippen LogP contribution is 2.29. The summed E-state index contributed by atoms with van der Waals surface area (Å²) in [7, 11) is 0. The van der Waals surface area contributed by atoms with Gasteiger partial charge in [0.05, 0.1) is 16.1 Å². The lowest BCUT2D eigenvalue weighted by molar-refractivity contribution is 1.02. The number of fused-ring (bicyclic) bond motifs is 1. The summed E-state index contributed by atoms with van der Waals surface area (Å²) in [5.74, 6) is 0.887. The molecular formula is C13H9BrClN3. The molecule has 1 N–H and O–H groups in total. The molecule has 3 nitrogen and oxygen atoms in total. The van der Waals surface area contributed by atoms with Crippen molar-refractivity contribution in [2.24, 2.45) is 0 Å². The summed E-state index contributed by atoms with van der Waals surface area (Å²) >= 11 is 9.61. The number of rotatable bonds is 2. The highest BCUT2D eigenvalue weighted by Gasteiger charge is 2.09. The first kappa shape index (κ1) is 11.7. The molecule has 0 aliphatic rings. The normalized spacial score (nSPS) is 11.0. The van der Waals surface area contributed by atoms with Crippen LogP contribution in [0.25, 0.3) is 11.0 Å². The van der Waals surface area contributed by atoms with E-state index in [0.29, 0.717) is 5.02 Å². The first-order valence-corrected chi connectivity index (χ1v) is 6.62. The summed E-state index contributed by atoms with van der Waals surface area (Å²) in [5, 5.41) is 0.664. The molecule has 0 saturated heterocycles. The third-order valence-electron chi connectivity index (χ3n) is 2.69. The number of nitrogens with zero attached hydrogens (tertiary/aromatic N) is 2. The monoisotopic (exact) mass is 321 g/mol. The van der Waals surface area contributed by atoms with Gasteiger partial charge < -0.3 is 4.98 Å². The number of benzene rings is 1. The number of aromatic amines is 1. The Bertz CT molecular complexity index is 694. The van der Waals surface area contributed by atoms with E-state index in [1.807, 2.05) is 30.5 Å². The molecule has 0 aliphatic carbocycles. The van der Waals surface area contributed by atoms with Crippen LogP contribution in [0.2, 0.25) is 5.02 Å². The topological polar surface area (TPSA) is 41.6 Å². The Morgan fingerprint density at radius 3 is 2.94 bits per heavy atom. The molecule has 2 heterocycles. The third-order valence-corrected chi connectivity index (χ3v) is 3.97. The number of hydrogen-bond acceptors (Lipinski definition) is 2. The molecule has 18 heavy (non-hydrogen) atoms. The first-order valence-electron chi connectivity index (χ1n) is 5.45. The second-order valence-corrected chi connectivity index (χ2v) is 5.21. The minimum Gasteiger partial charge on any atom is -0.340 e. The SMILES string of the molecule is Clc1c(Br)ccc2nc(Cc3cccnc3)[nH]c12. The molecule has 0 aliphatic heterocycles. The molecule has 0 spiro atoms. The van der Waals surface area contributed by atoms with Gasteiger partial charge in [-0.3, -0.25) is 4.98 Å². The summed E-state index contributed by atoms with van der Waals surface area (Å²) < 4.78 is 0.869. The van der Waals surface area contributed by atoms with E-state index in [1.165, 1.54) is 0 Å². The molecule has 90 valence electrons. The standard InChI is InChI=1S/C13H9BrClN3/c14-9-3-4-10-13(12(9)15)18-11(17-10)6-8-2-1-5-16-7-8/h1-5,7H,6H2,(H,17,18). The number of halogens is 2. The van der Waals surface area contributed by atoms with E-state index in [0.717, 1.165) is 33.3 Å². The van der Waals surface area contributed by atoms with E-state index >= 15 is 0 Å². The van der Waals surface area contributed by atoms with E-state index in [4.69, 9.17) is 11.6 Å². The van der Waals surface area contributed by atoms with Gasteiger partial charge in [-0.25, -0.2) is 4.98 Å². The zero-order valence-corrected chi connectivity index (χ0v) is 11.7. The van der Waals surface area contributed by atoms with E-state index in [2.05, 4.69) is 30.9 Å². The Balaban J connectivity index is 2.02. The molecule has 0 saturated carbocycles. The highest BCUT2D eigenvalue weighted by molar-refractivity contribution is 9.10. The van der Waals surface area contributed by atoms with E-state index < -0.39 is 0 Å². The van der Waals surface area contributed by atoms with Crippen LogP contribution in [0.1, 0.15) is 11.4 Å². The van der Waals surface area contributed by atoms with Crippen molar-refractivity contribution in [2.75, 3.05) is 0 Å². The number of nitrogens with one attached hydrogen (secondary N) is 1. The quantitative estimate of drug-likeness (QED) is 0.776. The number of imidazole rings is 1. The van der Waals surface area contributed by atoms with Gasteiger partial charge in [-0.05, 0) is 39.7 Å². The maximum atomic E-state index is 6.21. The molecule has 2 aromatic heterocycles. The lowest BCUT2D eigenvalue weighted by Crippen LogP contribution is -1.90. The van der Waals surface area contributed by atoms with Gasteiger partial charge in [-0.15, -0.1) is 0 Å². The Morgan fingerprint density at radius 2 is 2.17 bits per heavy atom. The summed E-state index contributed by atoms with van der Waals surface area (Å²) in [6, 6.07) is 7.78. The van der Waals surface area contributed by atoms with E-state index in [1.54, 1.807) is 6.20 Å². The van der Waals surface area contributed by atoms with Crippen molar-refractivity contribution in [1.82, 2.24) is 15.0 Å². The fourth-order valence-electron chi connectivity index (χ4n) is 1.85. The van der Waals surface area contributed by atoms with Crippen molar-refractivity contribution in [3.8, 4) is 0 Å². The molecule has 0 radical (unpaired) electrons. The van der Waals surface area contributed by atoms with E-state index in [-0.39, 0.29) is 0 Å². The summed E-state index contributed by atoms with van der Waals surface area (Å²) in [5.41, 5.74) is 2.86. The number of aromatic nitrogens is 3. The van der Waals surface area contributed by atoms with Gasteiger partial charge >= 0.3 is 0 Å². The average Bonchev–Trinajstić information content (AvgIpc) is 2.79. The van der Waals surface area contributed by atoms with Crippen LogP contribution in [-0.4, -0.2) is 15.0 Å². The van der Waals surface area contributed by atoms with Gasteiger partial charge in [-0.1, -0.05) is 17.7 Å². The van der Waals surface area contributed by atoms with Crippen LogP contribution in [0.4, 0.5) is 0 Å². The summed E-state index contributed by atoms with van der Waals surface area (Å²) in [4.78, 5) is 11.9. The molecule has 5 heteroatoms. The van der Waals surface area contributed by atoms with Gasteiger partial charge in [-0.2, -0.15) is 0 Å². The summed E-state index contributed by atoms with van der Waals surface area (Å²) in [6.45, 7) is 0. The predicted molar refractivity (Wildman–Crippen MR) is 75.8 cm³/mol. The van der Waals surface area contributed by atoms with Crippen molar-refractivity contribution in [3.05, 3.63) is 57.5 Å². The average molecular weight is 323 g/mol. The van der Waals surface area contributed by atoms with Crippen molar-refractivity contribution in [1.29, 1.82) is 0 Å². The molecular weight excluding hydrogens is 314 g/mol. The molecule has 0 fully saturated rings. The Hall–Kier alpha value is -1.39. The molecule has 0 atom stereocenters. The molecule has 3 rings (SSSR count). The first-order chi connectivity index (χ1) is 8.74. The van der Waals surface area contributed by atoms with Crippen molar-refractivity contribution >= 4 is 38.6 Å². The lowest BCUT2D eigenvalue weighted by atomic mass is 10.2. The smallest absolute Gasteiger partial charge is 0.111 e. The van der Waals surface area contributed by atoms with Crippen LogP contribution >= 0.6 is 27.5 Å². The second-order valence-electron chi connectivity index (χ2n) is 3.98. The second kappa shape index (κ2) is 4.71. The number of pyridine rings is 1. The fraction of sp³-hybridized carbons (Fsp3) is 0.0769. The Labute approximate surface area is 117 Å². The van der Waals surface area contributed by atoms with Crippen LogP contribution in [0.3, 0.4) is 0 Å². The number of hydrogen-bond donors (Lipinski definition) is 1. The van der Waals surface area contributed by atoms with Crippen LogP contribution in [-0.2, 0) is 6.42 Å². The minimum absolute atomic E-state index is 0.664. The molecule has 0 amide bonds. The van der Waals surface area contributed by atoms with Gasteiger partial charge in [0.15, 0.2) is 0 Å². The van der Waals surface area contributed by atoms with Gasteiger partial charge in [0.2, 0.25) is 0 Å². The molecule has 0 unspecified atom stereocenters. The van der Waals surface area contributed by atoms with E-state index in [9.17, 15) is 0 Å². The minimum atomic E-state index is 0.664. The molecule has 1 aromatic carbocycles. The maximum absolute atomic E-state index is 6.21. The zero-order valence-electron chi connectivity index (χ0n) is 9.32. The van der Waals surface area contributed by atoms with Crippen LogP contribution in [0, 0.1) is 0 Å². The summed E-state index contributed by atoms with van der Waals surface area (Å²) in [6.07, 6.45) is 4.32. The molecule has 0 bridgehead atoms. The van der Waals surface area contributed by atoms with Gasteiger partial charge in [0.1, 0.15) is 5.82 Å². The molecule has 3 aromatic rings. The Morgan fingerprint density at radius 1 is 1.28 bits per heavy atom. The fourth-order valence-corrected chi connectivity index (χ4v) is 2.39. The van der Waals surface area contributed by atoms with Crippen molar-refractivity contribution in [2.45, 2.75) is 6.42 Å². The largest absolute Gasteiger partial charge is 0.340 e. The lowest BCUT2D eigenvalue weighted by Gasteiger charge is -1.96. The van der Waals surface area contributed by atoms with Crippen LogP contribution in [0.5, 0.6) is 0 Å². The van der Waals surface area contributed by atoms with Gasteiger partial charge in [0, 0.05) is 23.3 Å². The van der Waals surface area contributed by atoms with Crippen LogP contribution < -0.4 is 0 Å². The number of H-pyrrole nitrogens is 1. The third kappa shape index (κ3) is 2.13. The van der Waals surface area contributed by atoms with Crippen molar-refractivity contribution < 1.29 is 0 Å². The predicted octanol–water partition coefficient (Wildman–Crippen LogP) is 3.96.